The Kier molecular flexibility index (Phi) is 4.20. The molecule has 2 saturated heterocycles. The van der Waals surface area contributed by atoms with Crippen LogP contribution in [0.25, 0.3) is 0 Å². The van der Waals surface area contributed by atoms with E-state index in [0.717, 1.165) is 13.1 Å². The summed E-state index contributed by atoms with van der Waals surface area (Å²) < 4.78 is 22.5. The van der Waals surface area contributed by atoms with Gasteiger partial charge in [-0.25, -0.2) is 8.42 Å². The maximum atomic E-state index is 11.9. The molecule has 7 heteroatoms. The van der Waals surface area contributed by atoms with Crippen molar-refractivity contribution in [3.63, 3.8) is 0 Å². The minimum atomic E-state index is -2.95. The van der Waals surface area contributed by atoms with E-state index in [1.54, 1.807) is 11.9 Å². The normalized spacial score (nSPS) is 27.9. The van der Waals surface area contributed by atoms with Crippen LogP contribution in [0.15, 0.2) is 0 Å². The Labute approximate surface area is 102 Å². The Balaban J connectivity index is 0.00000128. The van der Waals surface area contributed by atoms with Gasteiger partial charge in [0, 0.05) is 20.1 Å². The Hall–Kier alpha value is -0.330. The van der Waals surface area contributed by atoms with Gasteiger partial charge in [0.05, 0.1) is 23.5 Å². The second-order valence-electron chi connectivity index (χ2n) is 4.36. The lowest BCUT2D eigenvalue weighted by Gasteiger charge is -2.36. The highest BCUT2D eigenvalue weighted by Gasteiger charge is 2.37. The van der Waals surface area contributed by atoms with E-state index in [0.29, 0.717) is 6.42 Å². The summed E-state index contributed by atoms with van der Waals surface area (Å²) in [7, 11) is -1.19. The quantitative estimate of drug-likeness (QED) is 0.717. The summed E-state index contributed by atoms with van der Waals surface area (Å²) in [5, 5.41) is 3.09. The Morgan fingerprint density at radius 1 is 1.38 bits per heavy atom. The molecule has 2 heterocycles. The average molecular weight is 269 g/mol. The maximum absolute atomic E-state index is 11.9. The number of rotatable bonds is 2. The van der Waals surface area contributed by atoms with Crippen LogP contribution in [0.3, 0.4) is 0 Å². The van der Waals surface area contributed by atoms with E-state index < -0.39 is 9.84 Å². The number of carbonyl (C=O) groups is 1. The fourth-order valence-corrected chi connectivity index (χ4v) is 3.74. The first-order chi connectivity index (χ1) is 6.99. The monoisotopic (exact) mass is 268 g/mol. The smallest absolute Gasteiger partial charge is 0.226 e. The van der Waals surface area contributed by atoms with Gasteiger partial charge in [0.15, 0.2) is 9.84 Å². The summed E-state index contributed by atoms with van der Waals surface area (Å²) in [6, 6.07) is 0.251. The molecular formula is C9H17ClN2O3S. The van der Waals surface area contributed by atoms with E-state index in [1.165, 1.54) is 0 Å². The molecule has 1 unspecified atom stereocenters. The van der Waals surface area contributed by atoms with Crippen LogP contribution in [0.5, 0.6) is 0 Å². The van der Waals surface area contributed by atoms with Crippen molar-refractivity contribution in [1.82, 2.24) is 10.2 Å². The van der Waals surface area contributed by atoms with Crippen LogP contribution in [0, 0.1) is 5.92 Å². The van der Waals surface area contributed by atoms with Crippen molar-refractivity contribution in [1.29, 1.82) is 0 Å². The van der Waals surface area contributed by atoms with Crippen LogP contribution < -0.4 is 5.32 Å². The molecular weight excluding hydrogens is 252 g/mol. The predicted octanol–water partition coefficient (Wildman–Crippen LogP) is -0.727. The van der Waals surface area contributed by atoms with Crippen molar-refractivity contribution in [3.05, 3.63) is 0 Å². The number of carbonyl (C=O) groups excluding carboxylic acids is 1. The number of nitrogens with one attached hydrogen (secondary N) is 1. The third-order valence-electron chi connectivity index (χ3n) is 3.24. The van der Waals surface area contributed by atoms with Crippen LogP contribution in [-0.2, 0) is 14.6 Å². The van der Waals surface area contributed by atoms with Gasteiger partial charge in [-0.1, -0.05) is 0 Å². The molecule has 0 aliphatic carbocycles. The zero-order chi connectivity index (χ0) is 11.1. The van der Waals surface area contributed by atoms with E-state index in [9.17, 15) is 13.2 Å². The van der Waals surface area contributed by atoms with Gasteiger partial charge < -0.3 is 10.2 Å². The average Bonchev–Trinajstić information content (AvgIpc) is 2.41. The van der Waals surface area contributed by atoms with E-state index in [1.807, 2.05) is 0 Å². The standard InChI is InChI=1S/C9H16N2O3S.ClH/c1-11(8-4-10-5-8)9(12)7-2-3-15(13,14)6-7;/h7-8,10H,2-6H2,1H3;1H. The van der Waals surface area contributed by atoms with E-state index in [4.69, 9.17) is 0 Å². The van der Waals surface area contributed by atoms with Crippen LogP contribution in [0.4, 0.5) is 0 Å². The first kappa shape index (κ1) is 13.7. The SMILES string of the molecule is CN(C(=O)C1CCS(=O)(=O)C1)C1CNC1.Cl. The molecule has 2 aliphatic rings. The van der Waals surface area contributed by atoms with Gasteiger partial charge in [0.1, 0.15) is 0 Å². The van der Waals surface area contributed by atoms with Crippen LogP contribution in [0.1, 0.15) is 6.42 Å². The van der Waals surface area contributed by atoms with Crippen molar-refractivity contribution >= 4 is 28.2 Å². The molecule has 1 amide bonds. The summed E-state index contributed by atoms with van der Waals surface area (Å²) in [6.45, 7) is 1.64. The molecule has 2 aliphatic heterocycles. The van der Waals surface area contributed by atoms with Crippen LogP contribution in [0.2, 0.25) is 0 Å². The summed E-state index contributed by atoms with van der Waals surface area (Å²) in [4.78, 5) is 13.6. The number of amides is 1. The molecule has 5 nitrogen and oxygen atoms in total. The van der Waals surface area contributed by atoms with E-state index >= 15 is 0 Å². The second kappa shape index (κ2) is 4.89. The fourth-order valence-electron chi connectivity index (χ4n) is 2.00. The third-order valence-corrected chi connectivity index (χ3v) is 5.00. The molecule has 94 valence electrons. The second-order valence-corrected chi connectivity index (χ2v) is 6.59. The highest BCUT2D eigenvalue weighted by Crippen LogP contribution is 2.21. The molecule has 0 aromatic carbocycles. The highest BCUT2D eigenvalue weighted by atomic mass is 35.5. The van der Waals surface area contributed by atoms with Crippen molar-refractivity contribution in [2.75, 3.05) is 31.6 Å². The third kappa shape index (κ3) is 2.67. The lowest BCUT2D eigenvalue weighted by molar-refractivity contribution is -0.136. The molecule has 2 rings (SSSR count). The predicted molar refractivity (Wildman–Crippen MR) is 63.4 cm³/mol. The highest BCUT2D eigenvalue weighted by molar-refractivity contribution is 7.91. The molecule has 0 spiro atoms. The van der Waals surface area contributed by atoms with Crippen LogP contribution in [-0.4, -0.2) is 56.9 Å². The maximum Gasteiger partial charge on any atom is 0.226 e. The Bertz CT molecular complexity index is 367. The number of sulfone groups is 1. The molecule has 2 fully saturated rings. The van der Waals surface area contributed by atoms with Crippen molar-refractivity contribution in [3.8, 4) is 0 Å². The molecule has 1 atom stereocenters. The summed E-state index contributed by atoms with van der Waals surface area (Å²) in [6.07, 6.45) is 0.492. The van der Waals surface area contributed by atoms with Gasteiger partial charge in [0.25, 0.3) is 0 Å². The van der Waals surface area contributed by atoms with E-state index in [2.05, 4.69) is 5.32 Å². The zero-order valence-corrected chi connectivity index (χ0v) is 10.8. The number of likely N-dealkylation sites (N-methyl/N-ethyl adjacent to an activating group) is 1. The molecule has 1 N–H and O–H groups in total. The number of hydrogen-bond donors (Lipinski definition) is 1. The Morgan fingerprint density at radius 2 is 2.00 bits per heavy atom. The van der Waals surface area contributed by atoms with Crippen molar-refractivity contribution in [2.45, 2.75) is 12.5 Å². The minimum absolute atomic E-state index is 0. The van der Waals surface area contributed by atoms with Crippen molar-refractivity contribution < 1.29 is 13.2 Å². The number of hydrogen-bond acceptors (Lipinski definition) is 4. The summed E-state index contributed by atoms with van der Waals surface area (Å²) >= 11 is 0. The lowest BCUT2D eigenvalue weighted by atomic mass is 10.0. The van der Waals surface area contributed by atoms with Gasteiger partial charge in [0.2, 0.25) is 5.91 Å². The number of nitrogens with zero attached hydrogens (tertiary/aromatic N) is 1. The molecule has 0 radical (unpaired) electrons. The van der Waals surface area contributed by atoms with Gasteiger partial charge >= 0.3 is 0 Å². The molecule has 0 aromatic heterocycles. The molecule has 0 saturated carbocycles. The zero-order valence-electron chi connectivity index (χ0n) is 9.18. The summed E-state index contributed by atoms with van der Waals surface area (Å²) in [5.41, 5.74) is 0. The first-order valence-corrected chi connectivity index (χ1v) is 6.99. The largest absolute Gasteiger partial charge is 0.340 e. The van der Waals surface area contributed by atoms with Gasteiger partial charge in [-0.2, -0.15) is 0 Å². The number of halogens is 1. The first-order valence-electron chi connectivity index (χ1n) is 5.17. The molecule has 0 bridgehead atoms. The molecule has 0 aromatic rings. The minimum Gasteiger partial charge on any atom is -0.340 e. The van der Waals surface area contributed by atoms with Crippen LogP contribution >= 0.6 is 12.4 Å². The van der Waals surface area contributed by atoms with Gasteiger partial charge in [-0.15, -0.1) is 12.4 Å². The van der Waals surface area contributed by atoms with E-state index in [-0.39, 0.29) is 41.8 Å². The Morgan fingerprint density at radius 3 is 2.38 bits per heavy atom. The topological polar surface area (TPSA) is 66.5 Å². The molecule has 16 heavy (non-hydrogen) atoms. The lowest BCUT2D eigenvalue weighted by Crippen LogP contribution is -2.58. The van der Waals surface area contributed by atoms with Gasteiger partial charge in [-0.05, 0) is 6.42 Å². The fraction of sp³-hybridized carbons (Fsp3) is 0.889. The summed E-state index contributed by atoms with van der Waals surface area (Å²) in [5.74, 6) is -0.112. The van der Waals surface area contributed by atoms with Crippen molar-refractivity contribution in [2.24, 2.45) is 5.92 Å². The van der Waals surface area contributed by atoms with Gasteiger partial charge in [-0.3, -0.25) is 4.79 Å².